The number of carbonyl (C=O) groups is 1. The van der Waals surface area contributed by atoms with E-state index in [0.717, 1.165) is 24.8 Å². The van der Waals surface area contributed by atoms with E-state index in [9.17, 15) is 4.79 Å². The minimum atomic E-state index is -0.481. The highest BCUT2D eigenvalue weighted by Crippen LogP contribution is 2.41. The zero-order chi connectivity index (χ0) is 13.7. The maximum Gasteiger partial charge on any atom is 0.314 e. The first-order valence-corrected chi connectivity index (χ1v) is 6.99. The Kier molecular flexibility index (Phi) is 4.59. The highest BCUT2D eigenvalue weighted by atomic mass is 16.5. The van der Waals surface area contributed by atoms with Crippen LogP contribution in [0.25, 0.3) is 0 Å². The molecule has 19 heavy (non-hydrogen) atoms. The fourth-order valence-corrected chi connectivity index (χ4v) is 2.70. The van der Waals surface area contributed by atoms with Gasteiger partial charge in [-0.2, -0.15) is 0 Å². The standard InChI is InChI=1S/C16H22O3/c1-3-18-15(17)16(2)11-7-10-14(16)19-12-13-8-5-4-6-9-13/h4-6,8-9,14H,3,7,10-12H2,1-2H3. The lowest BCUT2D eigenvalue weighted by Crippen LogP contribution is -2.38. The van der Waals surface area contributed by atoms with Crippen LogP contribution in [0.4, 0.5) is 0 Å². The summed E-state index contributed by atoms with van der Waals surface area (Å²) >= 11 is 0. The Morgan fingerprint density at radius 3 is 2.79 bits per heavy atom. The van der Waals surface area contributed by atoms with Crippen LogP contribution in [0.15, 0.2) is 30.3 Å². The topological polar surface area (TPSA) is 35.5 Å². The van der Waals surface area contributed by atoms with Crippen molar-refractivity contribution in [3.8, 4) is 0 Å². The Morgan fingerprint density at radius 1 is 1.37 bits per heavy atom. The first-order chi connectivity index (χ1) is 9.16. The van der Waals surface area contributed by atoms with Crippen LogP contribution in [-0.4, -0.2) is 18.7 Å². The minimum Gasteiger partial charge on any atom is -0.465 e. The van der Waals surface area contributed by atoms with E-state index >= 15 is 0 Å². The van der Waals surface area contributed by atoms with Crippen LogP contribution in [0.3, 0.4) is 0 Å². The third kappa shape index (κ3) is 3.16. The molecular weight excluding hydrogens is 240 g/mol. The lowest BCUT2D eigenvalue weighted by Gasteiger charge is -2.29. The summed E-state index contributed by atoms with van der Waals surface area (Å²) in [7, 11) is 0. The molecule has 0 radical (unpaired) electrons. The zero-order valence-corrected chi connectivity index (χ0v) is 11.7. The van der Waals surface area contributed by atoms with Crippen molar-refractivity contribution in [1.82, 2.24) is 0 Å². The molecule has 0 N–H and O–H groups in total. The van der Waals surface area contributed by atoms with Crippen LogP contribution >= 0.6 is 0 Å². The van der Waals surface area contributed by atoms with Gasteiger partial charge in [-0.05, 0) is 38.7 Å². The second-order valence-electron chi connectivity index (χ2n) is 5.32. The third-order valence-electron chi connectivity index (χ3n) is 3.91. The van der Waals surface area contributed by atoms with Crippen molar-refractivity contribution in [3.05, 3.63) is 35.9 Å². The Hall–Kier alpha value is -1.35. The molecular formula is C16H22O3. The van der Waals surface area contributed by atoms with Crippen molar-refractivity contribution < 1.29 is 14.3 Å². The maximum atomic E-state index is 12.1. The van der Waals surface area contributed by atoms with Gasteiger partial charge in [0, 0.05) is 0 Å². The Labute approximate surface area is 114 Å². The number of rotatable bonds is 5. The second kappa shape index (κ2) is 6.20. The lowest BCUT2D eigenvalue weighted by atomic mass is 9.86. The summed E-state index contributed by atoms with van der Waals surface area (Å²) in [5.41, 5.74) is 0.658. The molecule has 0 spiro atoms. The number of hydrogen-bond acceptors (Lipinski definition) is 3. The highest BCUT2D eigenvalue weighted by Gasteiger charge is 2.47. The zero-order valence-electron chi connectivity index (χ0n) is 11.7. The van der Waals surface area contributed by atoms with Gasteiger partial charge in [0.2, 0.25) is 0 Å². The summed E-state index contributed by atoms with van der Waals surface area (Å²) in [4.78, 5) is 12.1. The summed E-state index contributed by atoms with van der Waals surface area (Å²) in [6.45, 7) is 4.80. The van der Waals surface area contributed by atoms with E-state index in [2.05, 4.69) is 0 Å². The molecule has 1 fully saturated rings. The Bertz CT molecular complexity index is 415. The molecule has 3 nitrogen and oxygen atoms in total. The van der Waals surface area contributed by atoms with Crippen LogP contribution in [0, 0.1) is 5.41 Å². The van der Waals surface area contributed by atoms with Gasteiger partial charge < -0.3 is 9.47 Å². The van der Waals surface area contributed by atoms with E-state index in [4.69, 9.17) is 9.47 Å². The maximum absolute atomic E-state index is 12.1. The SMILES string of the molecule is CCOC(=O)C1(C)CCCC1OCc1ccccc1. The van der Waals surface area contributed by atoms with Crippen LogP contribution in [-0.2, 0) is 20.9 Å². The highest BCUT2D eigenvalue weighted by molar-refractivity contribution is 5.77. The van der Waals surface area contributed by atoms with Gasteiger partial charge in [-0.3, -0.25) is 4.79 Å². The number of benzene rings is 1. The molecule has 104 valence electrons. The van der Waals surface area contributed by atoms with Crippen LogP contribution in [0.5, 0.6) is 0 Å². The van der Waals surface area contributed by atoms with E-state index in [1.165, 1.54) is 0 Å². The second-order valence-corrected chi connectivity index (χ2v) is 5.32. The van der Waals surface area contributed by atoms with Crippen molar-refractivity contribution in [3.63, 3.8) is 0 Å². The van der Waals surface area contributed by atoms with E-state index in [1.54, 1.807) is 0 Å². The van der Waals surface area contributed by atoms with Gasteiger partial charge in [0.1, 0.15) is 0 Å². The molecule has 1 saturated carbocycles. The molecule has 0 aromatic heterocycles. The number of ether oxygens (including phenoxy) is 2. The van der Waals surface area contributed by atoms with Gasteiger partial charge in [-0.25, -0.2) is 0 Å². The molecule has 2 atom stereocenters. The molecule has 1 aliphatic rings. The van der Waals surface area contributed by atoms with Crippen molar-refractivity contribution in [2.75, 3.05) is 6.61 Å². The van der Waals surface area contributed by atoms with Crippen molar-refractivity contribution in [2.45, 2.75) is 45.8 Å². The van der Waals surface area contributed by atoms with E-state index in [-0.39, 0.29) is 12.1 Å². The van der Waals surface area contributed by atoms with Gasteiger partial charge in [0.05, 0.1) is 24.7 Å². The molecule has 0 amide bonds. The molecule has 0 saturated heterocycles. The van der Waals surface area contributed by atoms with Crippen LogP contribution < -0.4 is 0 Å². The van der Waals surface area contributed by atoms with E-state index in [0.29, 0.717) is 13.2 Å². The summed E-state index contributed by atoms with van der Waals surface area (Å²) in [6, 6.07) is 10.1. The quantitative estimate of drug-likeness (QED) is 0.764. The molecule has 2 unspecified atom stereocenters. The number of hydrogen-bond donors (Lipinski definition) is 0. The van der Waals surface area contributed by atoms with Crippen LogP contribution in [0.2, 0.25) is 0 Å². The van der Waals surface area contributed by atoms with Gasteiger partial charge in [-0.1, -0.05) is 30.3 Å². The number of carbonyl (C=O) groups excluding carboxylic acids is 1. The molecule has 1 aromatic rings. The molecule has 1 aliphatic carbocycles. The Balaban J connectivity index is 1.97. The largest absolute Gasteiger partial charge is 0.465 e. The van der Waals surface area contributed by atoms with E-state index in [1.807, 2.05) is 44.2 Å². The predicted molar refractivity (Wildman–Crippen MR) is 73.6 cm³/mol. The fraction of sp³-hybridized carbons (Fsp3) is 0.562. The van der Waals surface area contributed by atoms with Gasteiger partial charge >= 0.3 is 5.97 Å². The molecule has 3 heteroatoms. The van der Waals surface area contributed by atoms with Crippen molar-refractivity contribution in [1.29, 1.82) is 0 Å². The van der Waals surface area contributed by atoms with Gasteiger partial charge in [0.25, 0.3) is 0 Å². The monoisotopic (exact) mass is 262 g/mol. The first kappa shape index (κ1) is 14.1. The van der Waals surface area contributed by atoms with Crippen molar-refractivity contribution in [2.24, 2.45) is 5.41 Å². The van der Waals surface area contributed by atoms with Gasteiger partial charge in [-0.15, -0.1) is 0 Å². The minimum absolute atomic E-state index is 0.0354. The molecule has 2 rings (SSSR count). The van der Waals surface area contributed by atoms with E-state index < -0.39 is 5.41 Å². The smallest absolute Gasteiger partial charge is 0.314 e. The Morgan fingerprint density at radius 2 is 2.11 bits per heavy atom. The fourth-order valence-electron chi connectivity index (χ4n) is 2.70. The summed E-state index contributed by atoms with van der Waals surface area (Å²) < 4.78 is 11.2. The van der Waals surface area contributed by atoms with Crippen molar-refractivity contribution >= 4 is 5.97 Å². The molecule has 0 aliphatic heterocycles. The average molecular weight is 262 g/mol. The normalized spacial score (nSPS) is 26.3. The lowest BCUT2D eigenvalue weighted by molar-refractivity contribution is -0.162. The summed E-state index contributed by atoms with van der Waals surface area (Å²) in [5, 5.41) is 0. The summed E-state index contributed by atoms with van der Waals surface area (Å²) in [5.74, 6) is -0.120. The van der Waals surface area contributed by atoms with Crippen LogP contribution in [0.1, 0.15) is 38.7 Å². The average Bonchev–Trinajstić information content (AvgIpc) is 2.81. The molecule has 0 heterocycles. The predicted octanol–water partition coefficient (Wildman–Crippen LogP) is 3.33. The van der Waals surface area contributed by atoms with Gasteiger partial charge in [0.15, 0.2) is 0 Å². The first-order valence-electron chi connectivity index (χ1n) is 6.99. The summed E-state index contributed by atoms with van der Waals surface area (Å²) in [6.07, 6.45) is 2.77. The number of esters is 1. The molecule has 1 aromatic carbocycles. The third-order valence-corrected chi connectivity index (χ3v) is 3.91. The molecule has 0 bridgehead atoms.